The molecule has 0 unspecified atom stereocenters. The second-order valence-electron chi connectivity index (χ2n) is 5.90. The standard InChI is InChI=1S/C21H19BrN2OS/c22-19-5-1-18(2-6-19)14-26-15-21(25)24-20-7-3-16(4-8-20)13-17-9-11-23-12-10-17/h1-12H,13-15H2,(H,24,25). The Morgan fingerprint density at radius 2 is 1.50 bits per heavy atom. The first kappa shape index (κ1) is 18.7. The Bertz CT molecular complexity index is 836. The molecule has 0 aliphatic carbocycles. The van der Waals surface area contributed by atoms with Crippen LogP contribution in [0, 0.1) is 0 Å². The average Bonchev–Trinajstić information content (AvgIpc) is 2.66. The Labute approximate surface area is 166 Å². The number of nitrogens with one attached hydrogen (secondary N) is 1. The second-order valence-corrected chi connectivity index (χ2v) is 7.80. The maximum atomic E-state index is 12.1. The average molecular weight is 427 g/mol. The second kappa shape index (κ2) is 9.55. The fourth-order valence-electron chi connectivity index (χ4n) is 2.48. The summed E-state index contributed by atoms with van der Waals surface area (Å²) in [5.41, 5.74) is 4.48. The number of nitrogens with zero attached hydrogens (tertiary/aromatic N) is 1. The Hall–Kier alpha value is -2.11. The van der Waals surface area contributed by atoms with E-state index in [1.54, 1.807) is 24.2 Å². The van der Waals surface area contributed by atoms with Gasteiger partial charge in [0, 0.05) is 28.3 Å². The van der Waals surface area contributed by atoms with Gasteiger partial charge in [0.25, 0.3) is 0 Å². The van der Waals surface area contributed by atoms with Gasteiger partial charge >= 0.3 is 0 Å². The molecule has 0 bridgehead atoms. The summed E-state index contributed by atoms with van der Waals surface area (Å²) in [6.45, 7) is 0. The number of amides is 1. The van der Waals surface area contributed by atoms with Gasteiger partial charge in [-0.1, -0.05) is 40.2 Å². The molecule has 0 atom stereocenters. The Morgan fingerprint density at radius 1 is 0.885 bits per heavy atom. The maximum Gasteiger partial charge on any atom is 0.234 e. The van der Waals surface area contributed by atoms with Crippen molar-refractivity contribution in [3.8, 4) is 0 Å². The third-order valence-corrected chi connectivity index (χ3v) is 5.34. The molecule has 132 valence electrons. The van der Waals surface area contributed by atoms with Crippen LogP contribution in [0.3, 0.4) is 0 Å². The molecule has 1 heterocycles. The lowest BCUT2D eigenvalue weighted by molar-refractivity contribution is -0.113. The van der Waals surface area contributed by atoms with Gasteiger partial charge in [0.15, 0.2) is 0 Å². The summed E-state index contributed by atoms with van der Waals surface area (Å²) in [4.78, 5) is 16.1. The van der Waals surface area contributed by atoms with E-state index in [9.17, 15) is 4.79 Å². The van der Waals surface area contributed by atoms with Crippen molar-refractivity contribution in [3.63, 3.8) is 0 Å². The van der Waals surface area contributed by atoms with Crippen molar-refractivity contribution in [1.29, 1.82) is 0 Å². The highest BCUT2D eigenvalue weighted by Gasteiger charge is 2.04. The minimum Gasteiger partial charge on any atom is -0.325 e. The number of thioether (sulfide) groups is 1. The summed E-state index contributed by atoms with van der Waals surface area (Å²) < 4.78 is 1.07. The fraction of sp³-hybridized carbons (Fsp3) is 0.143. The molecule has 5 heteroatoms. The van der Waals surface area contributed by atoms with E-state index in [0.29, 0.717) is 5.75 Å². The van der Waals surface area contributed by atoms with Gasteiger partial charge in [0.1, 0.15) is 0 Å². The van der Waals surface area contributed by atoms with Gasteiger partial charge in [-0.25, -0.2) is 0 Å². The number of carbonyl (C=O) groups excluding carboxylic acids is 1. The van der Waals surface area contributed by atoms with Crippen LogP contribution in [0.2, 0.25) is 0 Å². The van der Waals surface area contributed by atoms with Gasteiger partial charge in [0.2, 0.25) is 5.91 Å². The number of pyridine rings is 1. The number of halogens is 1. The van der Waals surface area contributed by atoms with E-state index < -0.39 is 0 Å². The number of anilines is 1. The van der Waals surface area contributed by atoms with E-state index in [1.807, 2.05) is 48.5 Å². The Morgan fingerprint density at radius 3 is 2.19 bits per heavy atom. The van der Waals surface area contributed by atoms with Gasteiger partial charge in [-0.05, 0) is 59.5 Å². The quantitative estimate of drug-likeness (QED) is 0.556. The molecular weight excluding hydrogens is 408 g/mol. The highest BCUT2D eigenvalue weighted by molar-refractivity contribution is 9.10. The zero-order valence-corrected chi connectivity index (χ0v) is 16.6. The monoisotopic (exact) mass is 426 g/mol. The first-order chi connectivity index (χ1) is 12.7. The summed E-state index contributed by atoms with van der Waals surface area (Å²) in [6, 6.07) is 20.2. The van der Waals surface area contributed by atoms with Gasteiger partial charge in [-0.2, -0.15) is 0 Å². The molecule has 3 nitrogen and oxygen atoms in total. The maximum absolute atomic E-state index is 12.1. The molecule has 1 N–H and O–H groups in total. The minimum atomic E-state index is 0.0222. The number of rotatable bonds is 7. The number of aromatic nitrogens is 1. The van der Waals surface area contributed by atoms with E-state index >= 15 is 0 Å². The first-order valence-corrected chi connectivity index (χ1v) is 10.2. The number of hydrogen-bond donors (Lipinski definition) is 1. The van der Waals surface area contributed by atoms with Crippen molar-refractivity contribution >= 4 is 39.3 Å². The molecule has 0 saturated carbocycles. The molecule has 3 aromatic rings. The molecule has 1 amide bonds. The van der Waals surface area contributed by atoms with Crippen molar-refractivity contribution in [2.45, 2.75) is 12.2 Å². The van der Waals surface area contributed by atoms with Gasteiger partial charge in [0.05, 0.1) is 5.75 Å². The third-order valence-electron chi connectivity index (χ3n) is 3.81. The van der Waals surface area contributed by atoms with Crippen LogP contribution in [-0.4, -0.2) is 16.6 Å². The predicted molar refractivity (Wildman–Crippen MR) is 112 cm³/mol. The van der Waals surface area contributed by atoms with Gasteiger partial charge < -0.3 is 5.32 Å². The van der Waals surface area contributed by atoms with Crippen LogP contribution in [0.25, 0.3) is 0 Å². The van der Waals surface area contributed by atoms with Crippen molar-refractivity contribution in [2.24, 2.45) is 0 Å². The van der Waals surface area contributed by atoms with E-state index in [4.69, 9.17) is 0 Å². The van der Waals surface area contributed by atoms with E-state index in [2.05, 4.69) is 38.4 Å². The summed E-state index contributed by atoms with van der Waals surface area (Å²) in [7, 11) is 0. The third kappa shape index (κ3) is 6.00. The number of carbonyl (C=O) groups is 1. The topological polar surface area (TPSA) is 42.0 Å². The molecule has 0 saturated heterocycles. The summed E-state index contributed by atoms with van der Waals surface area (Å²) >= 11 is 5.03. The smallest absolute Gasteiger partial charge is 0.234 e. The lowest BCUT2D eigenvalue weighted by Gasteiger charge is -2.07. The predicted octanol–water partition coefficient (Wildman–Crippen LogP) is 5.31. The van der Waals surface area contributed by atoms with Crippen LogP contribution in [0.15, 0.2) is 77.5 Å². The van der Waals surface area contributed by atoms with Crippen molar-refractivity contribution in [3.05, 3.63) is 94.2 Å². The highest BCUT2D eigenvalue weighted by Crippen LogP contribution is 2.17. The normalized spacial score (nSPS) is 10.5. The highest BCUT2D eigenvalue weighted by atomic mass is 79.9. The van der Waals surface area contributed by atoms with E-state index in [1.165, 1.54) is 16.7 Å². The van der Waals surface area contributed by atoms with E-state index in [0.717, 1.165) is 22.3 Å². The van der Waals surface area contributed by atoms with Crippen molar-refractivity contribution in [1.82, 2.24) is 4.98 Å². The lowest BCUT2D eigenvalue weighted by Crippen LogP contribution is -2.14. The number of hydrogen-bond acceptors (Lipinski definition) is 3. The molecule has 0 radical (unpaired) electrons. The van der Waals surface area contributed by atoms with Crippen LogP contribution in [-0.2, 0) is 17.0 Å². The zero-order chi connectivity index (χ0) is 18.2. The van der Waals surface area contributed by atoms with Gasteiger partial charge in [-0.15, -0.1) is 11.8 Å². The van der Waals surface area contributed by atoms with Crippen LogP contribution in [0.5, 0.6) is 0 Å². The fourth-order valence-corrected chi connectivity index (χ4v) is 3.53. The molecule has 0 aliphatic heterocycles. The molecule has 0 aliphatic rings. The molecule has 1 aromatic heterocycles. The Balaban J connectivity index is 1.44. The zero-order valence-electron chi connectivity index (χ0n) is 14.2. The van der Waals surface area contributed by atoms with Crippen molar-refractivity contribution < 1.29 is 4.79 Å². The SMILES string of the molecule is O=C(CSCc1ccc(Br)cc1)Nc1ccc(Cc2ccncc2)cc1. The molecule has 3 rings (SSSR count). The summed E-state index contributed by atoms with van der Waals surface area (Å²) in [5, 5.41) is 2.95. The Kier molecular flexibility index (Phi) is 6.86. The summed E-state index contributed by atoms with van der Waals surface area (Å²) in [6.07, 6.45) is 4.46. The number of benzene rings is 2. The van der Waals surface area contributed by atoms with Crippen LogP contribution in [0.1, 0.15) is 16.7 Å². The largest absolute Gasteiger partial charge is 0.325 e. The van der Waals surface area contributed by atoms with Crippen LogP contribution >= 0.6 is 27.7 Å². The molecular formula is C21H19BrN2OS. The lowest BCUT2D eigenvalue weighted by atomic mass is 10.1. The van der Waals surface area contributed by atoms with Crippen LogP contribution < -0.4 is 5.32 Å². The molecule has 2 aromatic carbocycles. The van der Waals surface area contributed by atoms with Crippen LogP contribution in [0.4, 0.5) is 5.69 Å². The molecule has 0 fully saturated rings. The first-order valence-electron chi connectivity index (χ1n) is 8.29. The minimum absolute atomic E-state index is 0.0222. The van der Waals surface area contributed by atoms with Crippen molar-refractivity contribution in [2.75, 3.05) is 11.1 Å². The summed E-state index contributed by atoms with van der Waals surface area (Å²) in [5.74, 6) is 1.29. The molecule has 0 spiro atoms. The molecule has 26 heavy (non-hydrogen) atoms. The van der Waals surface area contributed by atoms with E-state index in [-0.39, 0.29) is 5.91 Å². The van der Waals surface area contributed by atoms with Gasteiger partial charge in [-0.3, -0.25) is 9.78 Å².